The van der Waals surface area contributed by atoms with Crippen molar-refractivity contribution in [2.24, 2.45) is 0 Å². The minimum atomic E-state index is -0.530. The molecule has 0 saturated heterocycles. The van der Waals surface area contributed by atoms with E-state index in [0.29, 0.717) is 0 Å². The fraction of sp³-hybridized carbons (Fsp3) is 0.294. The summed E-state index contributed by atoms with van der Waals surface area (Å²) in [6.45, 7) is 0. The third-order valence-corrected chi connectivity index (χ3v) is 4.30. The first-order valence-corrected chi connectivity index (χ1v) is 7.83. The van der Waals surface area contributed by atoms with Gasteiger partial charge in [-0.15, -0.1) is 0 Å². The highest BCUT2D eigenvalue weighted by atomic mass is 32.1. The molecular formula is C17H18O4S. The van der Waals surface area contributed by atoms with Crippen molar-refractivity contribution in [1.29, 1.82) is 0 Å². The second-order valence-electron chi connectivity index (χ2n) is 4.85. The highest BCUT2D eigenvalue weighted by molar-refractivity contribution is 7.08. The fourth-order valence-corrected chi connectivity index (χ4v) is 3.20. The zero-order chi connectivity index (χ0) is 15.9. The van der Waals surface area contributed by atoms with Crippen LogP contribution in [0.4, 0.5) is 0 Å². The Morgan fingerprint density at radius 3 is 2.32 bits per heavy atom. The lowest BCUT2D eigenvalue weighted by atomic mass is 9.80. The third-order valence-electron chi connectivity index (χ3n) is 3.60. The lowest BCUT2D eigenvalue weighted by Gasteiger charge is -2.24. The maximum absolute atomic E-state index is 12.3. The van der Waals surface area contributed by atoms with E-state index in [-0.39, 0.29) is 24.3 Å². The predicted molar refractivity (Wildman–Crippen MR) is 84.9 cm³/mol. The number of hydrogen-bond donors (Lipinski definition) is 0. The van der Waals surface area contributed by atoms with E-state index in [1.165, 1.54) is 25.6 Å². The predicted octanol–water partition coefficient (Wildman–Crippen LogP) is 3.35. The minimum absolute atomic E-state index is 0.121. The Kier molecular flexibility index (Phi) is 5.72. The Morgan fingerprint density at radius 1 is 1.05 bits per heavy atom. The average Bonchev–Trinajstić information content (AvgIpc) is 3.08. The van der Waals surface area contributed by atoms with Crippen LogP contribution in [-0.2, 0) is 19.1 Å². The summed E-state index contributed by atoms with van der Waals surface area (Å²) >= 11 is 1.51. The van der Waals surface area contributed by atoms with E-state index in [0.717, 1.165) is 11.1 Å². The van der Waals surface area contributed by atoms with Gasteiger partial charge in [0, 0.05) is 5.92 Å². The fourth-order valence-electron chi connectivity index (χ4n) is 2.50. The van der Waals surface area contributed by atoms with Gasteiger partial charge in [0.15, 0.2) is 0 Å². The lowest BCUT2D eigenvalue weighted by Crippen LogP contribution is -2.24. The van der Waals surface area contributed by atoms with Crippen LogP contribution in [0.3, 0.4) is 0 Å². The molecule has 2 aromatic rings. The molecule has 0 aliphatic heterocycles. The normalized spacial score (nSPS) is 13.2. The SMILES string of the molecule is COC(=O)C[C@@H](c1ccccc1)[C@@H](C(=O)OC)c1ccsc1. The largest absolute Gasteiger partial charge is 0.469 e. The number of rotatable bonds is 6. The topological polar surface area (TPSA) is 52.6 Å². The molecule has 0 saturated carbocycles. The number of carbonyl (C=O) groups is 2. The first-order valence-electron chi connectivity index (χ1n) is 6.89. The van der Waals surface area contributed by atoms with Crippen molar-refractivity contribution >= 4 is 23.3 Å². The molecular weight excluding hydrogens is 300 g/mol. The van der Waals surface area contributed by atoms with Crippen LogP contribution < -0.4 is 0 Å². The van der Waals surface area contributed by atoms with E-state index in [4.69, 9.17) is 9.47 Å². The van der Waals surface area contributed by atoms with Gasteiger partial charge in [-0.05, 0) is 28.0 Å². The molecule has 0 bridgehead atoms. The molecule has 4 nitrogen and oxygen atoms in total. The third kappa shape index (κ3) is 3.74. The van der Waals surface area contributed by atoms with Crippen molar-refractivity contribution in [2.75, 3.05) is 14.2 Å². The summed E-state index contributed by atoms with van der Waals surface area (Å²) in [4.78, 5) is 24.1. The van der Waals surface area contributed by atoms with Gasteiger partial charge in [0.05, 0.1) is 26.6 Å². The number of carbonyl (C=O) groups excluding carboxylic acids is 2. The summed E-state index contributed by atoms with van der Waals surface area (Å²) in [5.41, 5.74) is 1.77. The second-order valence-corrected chi connectivity index (χ2v) is 5.63. The van der Waals surface area contributed by atoms with Crippen molar-refractivity contribution < 1.29 is 19.1 Å². The van der Waals surface area contributed by atoms with Gasteiger partial charge in [-0.1, -0.05) is 30.3 Å². The first-order chi connectivity index (χ1) is 10.7. The van der Waals surface area contributed by atoms with Crippen molar-refractivity contribution in [3.05, 3.63) is 58.3 Å². The summed E-state index contributed by atoms with van der Waals surface area (Å²) in [6.07, 6.45) is 0.121. The van der Waals surface area contributed by atoms with Crippen LogP contribution in [0.2, 0.25) is 0 Å². The van der Waals surface area contributed by atoms with Crippen LogP contribution in [0.5, 0.6) is 0 Å². The maximum atomic E-state index is 12.3. The molecule has 0 N–H and O–H groups in total. The van der Waals surface area contributed by atoms with Crippen molar-refractivity contribution in [3.8, 4) is 0 Å². The van der Waals surface area contributed by atoms with Crippen LogP contribution in [0.1, 0.15) is 29.4 Å². The van der Waals surface area contributed by atoms with Crippen LogP contribution in [0.15, 0.2) is 47.2 Å². The zero-order valence-electron chi connectivity index (χ0n) is 12.5. The molecule has 0 radical (unpaired) electrons. The summed E-state index contributed by atoms with van der Waals surface area (Å²) in [7, 11) is 2.71. The molecule has 0 spiro atoms. The monoisotopic (exact) mass is 318 g/mol. The van der Waals surface area contributed by atoms with Crippen molar-refractivity contribution in [1.82, 2.24) is 0 Å². The number of thiophene rings is 1. The van der Waals surface area contributed by atoms with Gasteiger partial charge < -0.3 is 9.47 Å². The van der Waals surface area contributed by atoms with Crippen LogP contribution in [0, 0.1) is 0 Å². The minimum Gasteiger partial charge on any atom is -0.469 e. The quantitative estimate of drug-likeness (QED) is 0.767. The number of methoxy groups -OCH3 is 2. The smallest absolute Gasteiger partial charge is 0.313 e. The lowest BCUT2D eigenvalue weighted by molar-refractivity contribution is -0.144. The number of esters is 2. The van der Waals surface area contributed by atoms with Gasteiger partial charge in [-0.25, -0.2) is 0 Å². The molecule has 2 rings (SSSR count). The van der Waals surface area contributed by atoms with Crippen LogP contribution in [0.25, 0.3) is 0 Å². The second kappa shape index (κ2) is 7.75. The Hall–Kier alpha value is -2.14. The van der Waals surface area contributed by atoms with E-state index in [1.54, 1.807) is 0 Å². The highest BCUT2D eigenvalue weighted by Gasteiger charge is 2.34. The number of benzene rings is 1. The van der Waals surface area contributed by atoms with Gasteiger partial charge in [-0.2, -0.15) is 11.3 Å². The summed E-state index contributed by atoms with van der Waals surface area (Å²) in [6, 6.07) is 11.4. The molecule has 0 unspecified atom stereocenters. The van der Waals surface area contributed by atoms with E-state index in [1.807, 2.05) is 47.2 Å². The van der Waals surface area contributed by atoms with Gasteiger partial charge >= 0.3 is 11.9 Å². The maximum Gasteiger partial charge on any atom is 0.313 e. The van der Waals surface area contributed by atoms with Crippen molar-refractivity contribution in [2.45, 2.75) is 18.3 Å². The van der Waals surface area contributed by atoms with Gasteiger partial charge in [0.2, 0.25) is 0 Å². The average molecular weight is 318 g/mol. The molecule has 5 heteroatoms. The molecule has 2 atom stereocenters. The molecule has 0 fully saturated rings. The van der Waals surface area contributed by atoms with E-state index >= 15 is 0 Å². The molecule has 116 valence electrons. The standard InChI is InChI=1S/C17H18O4S/c1-20-15(18)10-14(12-6-4-3-5-7-12)16(17(19)21-2)13-8-9-22-11-13/h3-9,11,14,16H,10H2,1-2H3/t14-,16-/m0/s1. The van der Waals surface area contributed by atoms with Gasteiger partial charge in [0.25, 0.3) is 0 Å². The number of hydrogen-bond acceptors (Lipinski definition) is 5. The zero-order valence-corrected chi connectivity index (χ0v) is 13.3. The van der Waals surface area contributed by atoms with Crippen LogP contribution >= 0.6 is 11.3 Å². The van der Waals surface area contributed by atoms with Crippen LogP contribution in [-0.4, -0.2) is 26.2 Å². The van der Waals surface area contributed by atoms with Gasteiger partial charge in [-0.3, -0.25) is 9.59 Å². The molecule has 1 aromatic heterocycles. The van der Waals surface area contributed by atoms with E-state index in [2.05, 4.69) is 0 Å². The molecule has 0 amide bonds. The van der Waals surface area contributed by atoms with Gasteiger partial charge in [0.1, 0.15) is 0 Å². The summed E-state index contributed by atoms with van der Waals surface area (Å²) in [5.74, 6) is -1.55. The molecule has 0 aliphatic rings. The Morgan fingerprint density at radius 2 is 1.77 bits per heavy atom. The number of ether oxygens (including phenoxy) is 2. The Bertz CT molecular complexity index is 607. The molecule has 22 heavy (non-hydrogen) atoms. The highest BCUT2D eigenvalue weighted by Crippen LogP contribution is 2.37. The van der Waals surface area contributed by atoms with E-state index < -0.39 is 5.92 Å². The molecule has 1 heterocycles. The molecule has 0 aliphatic carbocycles. The Balaban J connectivity index is 2.43. The van der Waals surface area contributed by atoms with E-state index in [9.17, 15) is 9.59 Å². The molecule has 1 aromatic carbocycles. The summed E-state index contributed by atoms with van der Waals surface area (Å²) in [5, 5.41) is 3.82. The van der Waals surface area contributed by atoms with Crippen molar-refractivity contribution in [3.63, 3.8) is 0 Å². The Labute approximate surface area is 133 Å². The summed E-state index contributed by atoms with van der Waals surface area (Å²) < 4.78 is 9.76. The first kappa shape index (κ1) is 16.2.